The third kappa shape index (κ3) is 5.27. The van der Waals surface area contributed by atoms with Crippen molar-refractivity contribution in [3.05, 3.63) is 54.9 Å². The largest absolute Gasteiger partial charge is 0.482 e. The van der Waals surface area contributed by atoms with Gasteiger partial charge < -0.3 is 19.3 Å². The quantitative estimate of drug-likeness (QED) is 0.552. The Bertz CT molecular complexity index is 798. The van der Waals surface area contributed by atoms with E-state index in [0.717, 1.165) is 5.69 Å². The fourth-order valence-corrected chi connectivity index (χ4v) is 2.65. The lowest BCUT2D eigenvalue weighted by atomic mass is 10.2. The molecule has 0 radical (unpaired) electrons. The van der Waals surface area contributed by atoms with E-state index in [1.165, 1.54) is 4.90 Å². The summed E-state index contributed by atoms with van der Waals surface area (Å²) in [5, 5.41) is 0. The van der Waals surface area contributed by atoms with Crippen molar-refractivity contribution >= 4 is 23.5 Å². The molecular formula is C19H19N3O5. The van der Waals surface area contributed by atoms with Crippen molar-refractivity contribution in [2.24, 2.45) is 0 Å². The first kappa shape index (κ1) is 18.4. The predicted molar refractivity (Wildman–Crippen MR) is 96.1 cm³/mol. The highest BCUT2D eigenvalue weighted by atomic mass is 16.6. The topological polar surface area (TPSA) is 89.0 Å². The second-order valence-electron chi connectivity index (χ2n) is 5.89. The Hall–Kier alpha value is -3.42. The minimum absolute atomic E-state index is 0.155. The number of pyridine rings is 1. The smallest absolute Gasteiger partial charge is 0.351 e. The van der Waals surface area contributed by atoms with Crippen LogP contribution in [-0.4, -0.2) is 60.5 Å². The number of benzene rings is 1. The first-order valence-corrected chi connectivity index (χ1v) is 8.46. The van der Waals surface area contributed by atoms with E-state index in [1.807, 2.05) is 23.1 Å². The van der Waals surface area contributed by atoms with Crippen LogP contribution in [0.5, 0.6) is 5.75 Å². The number of carbonyl (C=O) groups is 3. The summed E-state index contributed by atoms with van der Waals surface area (Å²) >= 11 is 0. The van der Waals surface area contributed by atoms with Crippen molar-refractivity contribution in [2.75, 3.05) is 37.7 Å². The number of esters is 2. The van der Waals surface area contributed by atoms with Crippen LogP contribution in [0.15, 0.2) is 54.9 Å². The van der Waals surface area contributed by atoms with Gasteiger partial charge in [0.05, 0.1) is 6.54 Å². The van der Waals surface area contributed by atoms with Crippen LogP contribution in [0.25, 0.3) is 0 Å². The van der Waals surface area contributed by atoms with Gasteiger partial charge in [-0.3, -0.25) is 9.78 Å². The van der Waals surface area contributed by atoms with Gasteiger partial charge in [0.2, 0.25) is 5.91 Å². The molecular weight excluding hydrogens is 350 g/mol. The van der Waals surface area contributed by atoms with Crippen LogP contribution in [0, 0.1) is 0 Å². The van der Waals surface area contributed by atoms with Crippen molar-refractivity contribution < 1.29 is 23.9 Å². The monoisotopic (exact) mass is 369 g/mol. The summed E-state index contributed by atoms with van der Waals surface area (Å²) in [4.78, 5) is 43.1. The summed E-state index contributed by atoms with van der Waals surface area (Å²) in [6.45, 7) is 0.459. The van der Waals surface area contributed by atoms with Crippen LogP contribution < -0.4 is 9.64 Å². The molecule has 2 heterocycles. The summed E-state index contributed by atoms with van der Waals surface area (Å²) in [5.74, 6) is -1.28. The first-order valence-electron chi connectivity index (χ1n) is 8.46. The normalized spacial score (nSPS) is 14.0. The third-order valence-electron chi connectivity index (χ3n) is 3.99. The van der Waals surface area contributed by atoms with E-state index in [4.69, 9.17) is 9.47 Å². The van der Waals surface area contributed by atoms with Gasteiger partial charge in [0.15, 0.2) is 6.61 Å². The van der Waals surface area contributed by atoms with E-state index >= 15 is 0 Å². The molecule has 1 aliphatic rings. The van der Waals surface area contributed by atoms with Gasteiger partial charge in [0, 0.05) is 31.2 Å². The van der Waals surface area contributed by atoms with E-state index < -0.39 is 11.9 Å². The van der Waals surface area contributed by atoms with Gasteiger partial charge in [-0.05, 0) is 24.3 Å². The summed E-state index contributed by atoms with van der Waals surface area (Å²) in [7, 11) is 0. The van der Waals surface area contributed by atoms with Gasteiger partial charge in [-0.1, -0.05) is 18.2 Å². The molecule has 0 saturated carbocycles. The second-order valence-corrected chi connectivity index (χ2v) is 5.89. The lowest BCUT2D eigenvalue weighted by Gasteiger charge is -2.34. The molecule has 27 heavy (non-hydrogen) atoms. The molecule has 0 N–H and O–H groups in total. The van der Waals surface area contributed by atoms with E-state index in [1.54, 1.807) is 36.7 Å². The minimum atomic E-state index is -0.799. The molecule has 1 aromatic carbocycles. The Kier molecular flexibility index (Phi) is 5.98. The molecule has 8 heteroatoms. The van der Waals surface area contributed by atoms with Crippen LogP contribution in [0.2, 0.25) is 0 Å². The summed E-state index contributed by atoms with van der Waals surface area (Å²) in [6, 6.07) is 12.4. The van der Waals surface area contributed by atoms with Gasteiger partial charge in [0.25, 0.3) is 0 Å². The van der Waals surface area contributed by atoms with E-state index in [0.29, 0.717) is 18.8 Å². The molecule has 0 atom stereocenters. The lowest BCUT2D eigenvalue weighted by Crippen LogP contribution is -2.52. The van der Waals surface area contributed by atoms with E-state index in [9.17, 15) is 14.4 Å². The SMILES string of the molecule is O=C(COc1ccccc1)OC(=O)CN1CCN(c2ccncc2)CC1=O. The van der Waals surface area contributed by atoms with Gasteiger partial charge >= 0.3 is 11.9 Å². The van der Waals surface area contributed by atoms with Gasteiger partial charge in [-0.15, -0.1) is 0 Å². The Morgan fingerprint density at radius 1 is 1.00 bits per heavy atom. The zero-order chi connectivity index (χ0) is 19.1. The number of para-hydroxylation sites is 1. The Labute approximate surface area is 156 Å². The number of carbonyl (C=O) groups excluding carboxylic acids is 3. The van der Waals surface area contributed by atoms with Crippen molar-refractivity contribution in [2.45, 2.75) is 0 Å². The van der Waals surface area contributed by atoms with Crippen LogP contribution in [-0.2, 0) is 19.1 Å². The molecule has 1 amide bonds. The maximum atomic E-state index is 12.3. The van der Waals surface area contributed by atoms with Crippen LogP contribution in [0.3, 0.4) is 0 Å². The molecule has 0 bridgehead atoms. The summed E-state index contributed by atoms with van der Waals surface area (Å²) in [5.41, 5.74) is 0.897. The van der Waals surface area contributed by atoms with Crippen LogP contribution in [0.4, 0.5) is 5.69 Å². The summed E-state index contributed by atoms with van der Waals surface area (Å²) in [6.07, 6.45) is 3.32. The number of anilines is 1. The van der Waals surface area contributed by atoms with Crippen molar-refractivity contribution in [1.82, 2.24) is 9.88 Å². The van der Waals surface area contributed by atoms with Crippen LogP contribution in [0.1, 0.15) is 0 Å². The van der Waals surface area contributed by atoms with Crippen molar-refractivity contribution in [3.63, 3.8) is 0 Å². The van der Waals surface area contributed by atoms with Crippen LogP contribution >= 0.6 is 0 Å². The Balaban J connectivity index is 1.43. The number of amides is 1. The number of hydrogen-bond acceptors (Lipinski definition) is 7. The number of ether oxygens (including phenoxy) is 2. The molecule has 2 aromatic rings. The van der Waals surface area contributed by atoms with Gasteiger partial charge in [-0.25, -0.2) is 9.59 Å². The Morgan fingerprint density at radius 3 is 2.44 bits per heavy atom. The minimum Gasteiger partial charge on any atom is -0.482 e. The highest BCUT2D eigenvalue weighted by molar-refractivity contribution is 5.91. The predicted octanol–water partition coefficient (Wildman–Crippen LogP) is 0.879. The Morgan fingerprint density at radius 2 is 1.74 bits per heavy atom. The average molecular weight is 369 g/mol. The summed E-state index contributed by atoms with van der Waals surface area (Å²) < 4.78 is 9.94. The maximum absolute atomic E-state index is 12.3. The third-order valence-corrected chi connectivity index (χ3v) is 3.99. The number of piperazine rings is 1. The maximum Gasteiger partial charge on any atom is 0.351 e. The average Bonchev–Trinajstić information content (AvgIpc) is 2.69. The molecule has 0 spiro atoms. The molecule has 0 aliphatic carbocycles. The van der Waals surface area contributed by atoms with Crippen molar-refractivity contribution in [3.8, 4) is 5.75 Å². The first-order chi connectivity index (χ1) is 13.1. The second kappa shape index (κ2) is 8.79. The number of rotatable bonds is 6. The van der Waals surface area contributed by atoms with E-state index in [2.05, 4.69) is 4.98 Å². The van der Waals surface area contributed by atoms with Gasteiger partial charge in [-0.2, -0.15) is 0 Å². The molecule has 1 aromatic heterocycles. The molecule has 3 rings (SSSR count). The fraction of sp³-hybridized carbons (Fsp3) is 0.263. The molecule has 8 nitrogen and oxygen atoms in total. The van der Waals surface area contributed by atoms with Crippen molar-refractivity contribution in [1.29, 1.82) is 0 Å². The standard InChI is InChI=1S/C19H19N3O5/c23-17-12-21(15-6-8-20-9-7-15)10-11-22(17)13-18(24)27-19(25)14-26-16-4-2-1-3-5-16/h1-9H,10-14H2. The molecule has 1 fully saturated rings. The van der Waals surface area contributed by atoms with E-state index in [-0.39, 0.29) is 25.6 Å². The molecule has 1 aliphatic heterocycles. The molecule has 140 valence electrons. The zero-order valence-electron chi connectivity index (χ0n) is 14.6. The lowest BCUT2D eigenvalue weighted by molar-refractivity contribution is -0.163. The zero-order valence-corrected chi connectivity index (χ0v) is 14.6. The van der Waals surface area contributed by atoms with Gasteiger partial charge in [0.1, 0.15) is 12.3 Å². The number of hydrogen-bond donors (Lipinski definition) is 0. The molecule has 1 saturated heterocycles. The number of nitrogens with zero attached hydrogens (tertiary/aromatic N) is 3. The number of aromatic nitrogens is 1. The fourth-order valence-electron chi connectivity index (χ4n) is 2.65. The molecule has 0 unspecified atom stereocenters. The highest BCUT2D eigenvalue weighted by Crippen LogP contribution is 2.15. The highest BCUT2D eigenvalue weighted by Gasteiger charge is 2.26.